The van der Waals surface area contributed by atoms with Gasteiger partial charge in [0, 0.05) is 42.9 Å². The summed E-state index contributed by atoms with van der Waals surface area (Å²) in [6.45, 7) is 3.38. The van der Waals surface area contributed by atoms with Gasteiger partial charge in [-0.15, -0.1) is 0 Å². The van der Waals surface area contributed by atoms with Crippen molar-refractivity contribution in [1.29, 1.82) is 0 Å². The molecule has 1 atom stereocenters. The molecule has 0 amide bonds. The van der Waals surface area contributed by atoms with E-state index in [-0.39, 0.29) is 0 Å². The predicted octanol–water partition coefficient (Wildman–Crippen LogP) is 4.11. The number of nitrogens with one attached hydrogen (secondary N) is 1. The van der Waals surface area contributed by atoms with E-state index in [9.17, 15) is 0 Å². The lowest BCUT2D eigenvalue weighted by Gasteiger charge is -2.35. The second-order valence-corrected chi connectivity index (χ2v) is 8.27. The van der Waals surface area contributed by atoms with Crippen LogP contribution in [0.15, 0.2) is 30.7 Å². The third-order valence-electron chi connectivity index (χ3n) is 6.70. The van der Waals surface area contributed by atoms with Crippen LogP contribution in [0.3, 0.4) is 0 Å². The zero-order valence-electron chi connectivity index (χ0n) is 16.0. The Morgan fingerprint density at radius 3 is 2.89 bits per heavy atom. The fraction of sp³-hybridized carbons (Fsp3) is 0.545. The summed E-state index contributed by atoms with van der Waals surface area (Å²) in [5.41, 5.74) is 3.44. The van der Waals surface area contributed by atoms with Crippen molar-refractivity contribution < 1.29 is 4.74 Å². The second kappa shape index (κ2) is 7.21. The van der Waals surface area contributed by atoms with Crippen LogP contribution in [-0.4, -0.2) is 52.7 Å². The van der Waals surface area contributed by atoms with Crippen molar-refractivity contribution in [3.05, 3.63) is 36.3 Å². The zero-order chi connectivity index (χ0) is 18.2. The molecule has 4 heterocycles. The summed E-state index contributed by atoms with van der Waals surface area (Å²) >= 11 is 0. The third-order valence-corrected chi connectivity index (χ3v) is 6.70. The Bertz CT molecular complexity index is 928. The Hall–Kier alpha value is -1.98. The SMILES string of the molecule is COCC1CCN(C2CCC(c3ccnc4cnc5[nH]ccc5c34)CC2)C1. The number of hydrogen-bond acceptors (Lipinski definition) is 4. The summed E-state index contributed by atoms with van der Waals surface area (Å²) in [5.74, 6) is 1.36. The minimum Gasteiger partial charge on any atom is -0.384 e. The monoisotopic (exact) mass is 364 g/mol. The van der Waals surface area contributed by atoms with Crippen LogP contribution in [0.2, 0.25) is 0 Å². The van der Waals surface area contributed by atoms with Crippen LogP contribution >= 0.6 is 0 Å². The standard InChI is InChI=1S/C22H28N4O/c1-27-14-15-8-11-26(13-15)17-4-2-16(3-5-17)18-6-9-23-20-12-25-22-19(21(18)20)7-10-24-22/h6-7,9-10,12,15-17H,2-5,8,11,13-14H2,1H3,(H,24,25). The Morgan fingerprint density at radius 2 is 2.04 bits per heavy atom. The van der Waals surface area contributed by atoms with Crippen LogP contribution in [0.4, 0.5) is 0 Å². The highest BCUT2D eigenvalue weighted by Crippen LogP contribution is 2.40. The topological polar surface area (TPSA) is 54.0 Å². The summed E-state index contributed by atoms with van der Waals surface area (Å²) in [4.78, 5) is 15.0. The van der Waals surface area contributed by atoms with Crippen LogP contribution in [0.5, 0.6) is 0 Å². The lowest BCUT2D eigenvalue weighted by Crippen LogP contribution is -2.36. The zero-order valence-corrected chi connectivity index (χ0v) is 16.0. The van der Waals surface area contributed by atoms with Gasteiger partial charge in [-0.2, -0.15) is 0 Å². The molecule has 5 rings (SSSR count). The Balaban J connectivity index is 1.35. The molecule has 142 valence electrons. The highest BCUT2D eigenvalue weighted by Gasteiger charge is 2.32. The van der Waals surface area contributed by atoms with Gasteiger partial charge in [0.1, 0.15) is 5.65 Å². The lowest BCUT2D eigenvalue weighted by molar-refractivity contribution is 0.136. The number of rotatable bonds is 4. The largest absolute Gasteiger partial charge is 0.384 e. The van der Waals surface area contributed by atoms with Crippen LogP contribution < -0.4 is 0 Å². The molecule has 0 aromatic carbocycles. The van der Waals surface area contributed by atoms with E-state index in [1.165, 1.54) is 61.5 Å². The molecule has 1 aliphatic heterocycles. The predicted molar refractivity (Wildman–Crippen MR) is 108 cm³/mol. The smallest absolute Gasteiger partial charge is 0.137 e. The summed E-state index contributed by atoms with van der Waals surface area (Å²) in [6, 6.07) is 5.14. The van der Waals surface area contributed by atoms with Gasteiger partial charge >= 0.3 is 0 Å². The van der Waals surface area contributed by atoms with Gasteiger partial charge < -0.3 is 14.6 Å². The van der Waals surface area contributed by atoms with Gasteiger partial charge in [0.05, 0.1) is 18.3 Å². The first-order valence-corrected chi connectivity index (χ1v) is 10.3. The second-order valence-electron chi connectivity index (χ2n) is 8.27. The van der Waals surface area contributed by atoms with Gasteiger partial charge in [0.15, 0.2) is 0 Å². The number of hydrogen-bond donors (Lipinski definition) is 1. The summed E-state index contributed by atoms with van der Waals surface area (Å²) in [6.07, 6.45) is 12.3. The number of nitrogens with zero attached hydrogens (tertiary/aromatic N) is 3. The van der Waals surface area contributed by atoms with Crippen LogP contribution in [0.25, 0.3) is 21.9 Å². The number of fused-ring (bicyclic) bond motifs is 3. The van der Waals surface area contributed by atoms with Crippen molar-refractivity contribution in [2.75, 3.05) is 26.8 Å². The van der Waals surface area contributed by atoms with Crippen molar-refractivity contribution in [3.8, 4) is 0 Å². The number of H-pyrrole nitrogens is 1. The van der Waals surface area contributed by atoms with E-state index >= 15 is 0 Å². The van der Waals surface area contributed by atoms with E-state index in [2.05, 4.69) is 32.0 Å². The molecule has 1 saturated carbocycles. The Kier molecular flexibility index (Phi) is 4.58. The number of ether oxygens (including phenoxy) is 1. The molecule has 1 N–H and O–H groups in total. The maximum atomic E-state index is 5.37. The number of methoxy groups -OCH3 is 1. The molecule has 2 aliphatic rings. The third kappa shape index (κ3) is 3.13. The summed E-state index contributed by atoms with van der Waals surface area (Å²) in [7, 11) is 1.82. The van der Waals surface area contributed by atoms with Gasteiger partial charge in [-0.05, 0) is 68.2 Å². The van der Waals surface area contributed by atoms with E-state index < -0.39 is 0 Å². The number of pyridine rings is 2. The van der Waals surface area contributed by atoms with Crippen LogP contribution in [0, 0.1) is 5.92 Å². The molecule has 1 aliphatic carbocycles. The van der Waals surface area contributed by atoms with E-state index in [0.29, 0.717) is 5.92 Å². The van der Waals surface area contributed by atoms with Crippen LogP contribution in [0.1, 0.15) is 43.6 Å². The molecule has 5 heteroatoms. The van der Waals surface area contributed by atoms with E-state index in [4.69, 9.17) is 4.74 Å². The molecule has 2 fully saturated rings. The van der Waals surface area contributed by atoms with Crippen molar-refractivity contribution in [2.45, 2.75) is 44.1 Å². The summed E-state index contributed by atoms with van der Waals surface area (Å²) in [5, 5.41) is 2.51. The number of aromatic amines is 1. The van der Waals surface area contributed by atoms with Gasteiger partial charge in [0.25, 0.3) is 0 Å². The van der Waals surface area contributed by atoms with Crippen molar-refractivity contribution in [1.82, 2.24) is 19.9 Å². The molecule has 3 aromatic heterocycles. The molecule has 1 saturated heterocycles. The summed E-state index contributed by atoms with van der Waals surface area (Å²) < 4.78 is 5.37. The van der Waals surface area contributed by atoms with Crippen molar-refractivity contribution >= 4 is 21.9 Å². The van der Waals surface area contributed by atoms with Crippen molar-refractivity contribution in [2.24, 2.45) is 5.92 Å². The average Bonchev–Trinajstić information content (AvgIpc) is 3.37. The minimum absolute atomic E-state index is 0.629. The van der Waals surface area contributed by atoms with Gasteiger partial charge in [0.2, 0.25) is 0 Å². The number of likely N-dealkylation sites (tertiary alicyclic amines) is 1. The highest BCUT2D eigenvalue weighted by atomic mass is 16.5. The van der Waals surface area contributed by atoms with Crippen molar-refractivity contribution in [3.63, 3.8) is 0 Å². The van der Waals surface area contributed by atoms with Gasteiger partial charge in [-0.1, -0.05) is 0 Å². The van der Waals surface area contributed by atoms with Gasteiger partial charge in [-0.3, -0.25) is 4.98 Å². The lowest BCUT2D eigenvalue weighted by atomic mass is 9.80. The normalized spacial score (nSPS) is 26.9. The first-order chi connectivity index (χ1) is 13.3. The average molecular weight is 364 g/mol. The maximum absolute atomic E-state index is 5.37. The fourth-order valence-corrected chi connectivity index (χ4v) is 5.34. The van der Waals surface area contributed by atoms with Gasteiger partial charge in [-0.25, -0.2) is 4.98 Å². The highest BCUT2D eigenvalue weighted by molar-refractivity contribution is 6.05. The molecule has 5 nitrogen and oxygen atoms in total. The molecule has 1 unspecified atom stereocenters. The number of aromatic nitrogens is 3. The molecule has 27 heavy (non-hydrogen) atoms. The van der Waals surface area contributed by atoms with E-state index in [0.717, 1.165) is 29.7 Å². The quantitative estimate of drug-likeness (QED) is 0.757. The molecule has 0 radical (unpaired) electrons. The Morgan fingerprint density at radius 1 is 1.15 bits per heavy atom. The molecule has 0 bridgehead atoms. The Labute approximate surface area is 160 Å². The first kappa shape index (κ1) is 17.1. The molecule has 0 spiro atoms. The molecular weight excluding hydrogens is 336 g/mol. The van der Waals surface area contributed by atoms with E-state index in [1.807, 2.05) is 25.7 Å². The maximum Gasteiger partial charge on any atom is 0.137 e. The van der Waals surface area contributed by atoms with Crippen LogP contribution in [-0.2, 0) is 4.74 Å². The van der Waals surface area contributed by atoms with E-state index in [1.54, 1.807) is 0 Å². The molecule has 3 aromatic rings. The first-order valence-electron chi connectivity index (χ1n) is 10.3. The minimum atomic E-state index is 0.629. The molecular formula is C22H28N4O. The fourth-order valence-electron chi connectivity index (χ4n) is 5.34.